The van der Waals surface area contributed by atoms with Gasteiger partial charge in [0.2, 0.25) is 0 Å². The van der Waals surface area contributed by atoms with Gasteiger partial charge >= 0.3 is 0 Å². The van der Waals surface area contributed by atoms with E-state index in [2.05, 4.69) is 46.8 Å². The van der Waals surface area contributed by atoms with Crippen molar-refractivity contribution in [1.82, 2.24) is 5.09 Å². The largest absolute Gasteiger partial charge is 0.298 e. The third-order valence-electron chi connectivity index (χ3n) is 9.49. The van der Waals surface area contributed by atoms with E-state index in [1.54, 1.807) is 25.7 Å². The second kappa shape index (κ2) is 10.6. The fraction of sp³-hybridized carbons (Fsp3) is 1.00. The molecule has 28 heavy (non-hydrogen) atoms. The van der Waals surface area contributed by atoms with E-state index in [4.69, 9.17) is 0 Å². The molecule has 0 aromatic rings. The van der Waals surface area contributed by atoms with Gasteiger partial charge in [0.15, 0.2) is 0 Å². The van der Waals surface area contributed by atoms with Crippen molar-refractivity contribution in [3.8, 4) is 0 Å². The lowest BCUT2D eigenvalue weighted by atomic mass is 9.56. The predicted octanol–water partition coefficient (Wildman–Crippen LogP) is 8.08. The van der Waals surface area contributed by atoms with E-state index in [1.165, 1.54) is 44.9 Å². The van der Waals surface area contributed by atoms with Gasteiger partial charge in [0.1, 0.15) is 0 Å². The van der Waals surface area contributed by atoms with E-state index in [0.717, 1.165) is 52.7 Å². The molecular weight excluding hydrogens is 357 g/mol. The Morgan fingerprint density at radius 2 is 1.75 bits per heavy atom. The van der Waals surface area contributed by atoms with Crippen LogP contribution in [0.2, 0.25) is 0 Å². The SMILES string of the molecule is CCCC(CC)C(C)C(C)P(NC)C1CC2C3CCC(C)CCCC(C3)CC21. The second-order valence-corrected chi connectivity index (χ2v) is 13.8. The maximum atomic E-state index is 3.92. The van der Waals surface area contributed by atoms with Crippen molar-refractivity contribution in [3.05, 3.63) is 0 Å². The summed E-state index contributed by atoms with van der Waals surface area (Å²) in [5, 5.41) is 3.92. The molecule has 3 aliphatic carbocycles. The fourth-order valence-electron chi connectivity index (χ4n) is 7.49. The minimum absolute atomic E-state index is 0.0259. The van der Waals surface area contributed by atoms with Crippen LogP contribution in [0.1, 0.15) is 105 Å². The summed E-state index contributed by atoms with van der Waals surface area (Å²) < 4.78 is 0. The minimum Gasteiger partial charge on any atom is -0.298 e. The van der Waals surface area contributed by atoms with Crippen molar-refractivity contribution in [2.24, 2.45) is 41.4 Å². The molecular formula is C26H50NP. The van der Waals surface area contributed by atoms with Crippen LogP contribution in [0, 0.1) is 41.4 Å². The molecule has 3 saturated carbocycles. The molecule has 0 saturated heterocycles. The number of hydrogen-bond acceptors (Lipinski definition) is 1. The molecule has 2 heteroatoms. The molecule has 0 aromatic carbocycles. The maximum Gasteiger partial charge on any atom is -0.00420 e. The molecule has 1 nitrogen and oxygen atoms in total. The number of hydrogen-bond donors (Lipinski definition) is 1. The smallest absolute Gasteiger partial charge is 0.00420 e. The number of rotatable bonds is 8. The van der Waals surface area contributed by atoms with E-state index in [9.17, 15) is 0 Å². The van der Waals surface area contributed by atoms with E-state index in [1.807, 2.05) is 0 Å². The third-order valence-corrected chi connectivity index (χ3v) is 12.7. The van der Waals surface area contributed by atoms with Gasteiger partial charge in [0.05, 0.1) is 0 Å². The first-order valence-electron chi connectivity index (χ1n) is 13.0. The Morgan fingerprint density at radius 1 is 0.964 bits per heavy atom. The first-order valence-corrected chi connectivity index (χ1v) is 14.4. The van der Waals surface area contributed by atoms with E-state index >= 15 is 0 Å². The molecule has 3 fully saturated rings. The van der Waals surface area contributed by atoms with Gasteiger partial charge in [-0.2, -0.15) is 0 Å². The Labute approximate surface area is 178 Å². The van der Waals surface area contributed by atoms with Crippen LogP contribution in [-0.2, 0) is 0 Å². The molecule has 0 heterocycles. The molecule has 1 N–H and O–H groups in total. The molecule has 2 bridgehead atoms. The van der Waals surface area contributed by atoms with Crippen LogP contribution in [-0.4, -0.2) is 18.4 Å². The van der Waals surface area contributed by atoms with Crippen molar-refractivity contribution in [1.29, 1.82) is 0 Å². The summed E-state index contributed by atoms with van der Waals surface area (Å²) in [6.45, 7) is 12.5. The Morgan fingerprint density at radius 3 is 2.43 bits per heavy atom. The van der Waals surface area contributed by atoms with Gasteiger partial charge in [-0.3, -0.25) is 5.09 Å². The monoisotopic (exact) mass is 407 g/mol. The van der Waals surface area contributed by atoms with Crippen LogP contribution in [0.5, 0.6) is 0 Å². The first-order chi connectivity index (χ1) is 13.5. The molecule has 0 radical (unpaired) electrons. The standard InChI is InChI=1S/C26H50NP/c1-7-10-22(8-2)19(4)20(5)28(27-6)26-17-24-23-14-13-18(3)11-9-12-21(15-23)16-25(24)26/h18-27H,7-17H2,1-6H3. The molecule has 3 rings (SSSR count). The van der Waals surface area contributed by atoms with Crippen molar-refractivity contribution in [2.45, 2.75) is 117 Å². The van der Waals surface area contributed by atoms with Crippen molar-refractivity contribution < 1.29 is 0 Å². The maximum absolute atomic E-state index is 3.92. The van der Waals surface area contributed by atoms with Crippen molar-refractivity contribution in [2.75, 3.05) is 7.05 Å². The Kier molecular flexibility index (Phi) is 8.74. The number of nitrogens with one attached hydrogen (secondary N) is 1. The van der Waals surface area contributed by atoms with Gasteiger partial charge in [0.25, 0.3) is 0 Å². The molecule has 10 atom stereocenters. The second-order valence-electron chi connectivity index (χ2n) is 11.0. The Hall–Kier alpha value is 0.390. The summed E-state index contributed by atoms with van der Waals surface area (Å²) in [5.74, 6) is 7.07. The molecule has 3 aliphatic rings. The van der Waals surface area contributed by atoms with E-state index < -0.39 is 0 Å². The summed E-state index contributed by atoms with van der Waals surface area (Å²) in [6.07, 6.45) is 16.4. The third kappa shape index (κ3) is 4.99. The van der Waals surface area contributed by atoms with Gasteiger partial charge < -0.3 is 0 Å². The van der Waals surface area contributed by atoms with E-state index in [-0.39, 0.29) is 8.07 Å². The Balaban J connectivity index is 1.66. The van der Waals surface area contributed by atoms with Gasteiger partial charge in [0, 0.05) is 0 Å². The molecule has 10 unspecified atom stereocenters. The average molecular weight is 408 g/mol. The minimum atomic E-state index is -0.0259. The zero-order valence-electron chi connectivity index (χ0n) is 19.9. The normalized spacial score (nSPS) is 40.1. The van der Waals surface area contributed by atoms with Crippen molar-refractivity contribution >= 4 is 8.07 Å². The van der Waals surface area contributed by atoms with Crippen LogP contribution in [0.4, 0.5) is 0 Å². The molecule has 164 valence electrons. The summed E-state index contributed by atoms with van der Waals surface area (Å²) in [6, 6.07) is 0. The highest BCUT2D eigenvalue weighted by molar-refractivity contribution is 7.57. The number of fused-ring (bicyclic) bond motifs is 4. The highest BCUT2D eigenvalue weighted by Crippen LogP contribution is 2.64. The van der Waals surface area contributed by atoms with Crippen LogP contribution >= 0.6 is 8.07 Å². The van der Waals surface area contributed by atoms with Crippen LogP contribution < -0.4 is 5.09 Å². The first kappa shape index (κ1) is 23.1. The highest BCUT2D eigenvalue weighted by Gasteiger charge is 2.52. The summed E-state index contributed by atoms with van der Waals surface area (Å²) in [4.78, 5) is 0. The van der Waals surface area contributed by atoms with Gasteiger partial charge in [-0.25, -0.2) is 0 Å². The lowest BCUT2D eigenvalue weighted by Gasteiger charge is -2.57. The van der Waals surface area contributed by atoms with Crippen LogP contribution in [0.15, 0.2) is 0 Å². The van der Waals surface area contributed by atoms with Crippen molar-refractivity contribution in [3.63, 3.8) is 0 Å². The molecule has 0 aliphatic heterocycles. The van der Waals surface area contributed by atoms with E-state index in [0.29, 0.717) is 0 Å². The Bertz CT molecular complexity index is 465. The summed E-state index contributed by atoms with van der Waals surface area (Å²) >= 11 is 0. The summed E-state index contributed by atoms with van der Waals surface area (Å²) in [7, 11) is 2.26. The molecule has 0 spiro atoms. The average Bonchev–Trinajstić information content (AvgIpc) is 2.75. The van der Waals surface area contributed by atoms with Gasteiger partial charge in [-0.1, -0.05) is 79.6 Å². The fourth-order valence-corrected chi connectivity index (χ4v) is 10.8. The quantitative estimate of drug-likeness (QED) is 0.401. The predicted molar refractivity (Wildman–Crippen MR) is 127 cm³/mol. The lowest BCUT2D eigenvalue weighted by molar-refractivity contribution is 0.0188. The zero-order chi connectivity index (χ0) is 20.3. The van der Waals surface area contributed by atoms with Crippen LogP contribution in [0.3, 0.4) is 0 Å². The van der Waals surface area contributed by atoms with Crippen LogP contribution in [0.25, 0.3) is 0 Å². The lowest BCUT2D eigenvalue weighted by Crippen LogP contribution is -2.51. The molecule has 0 amide bonds. The summed E-state index contributed by atoms with van der Waals surface area (Å²) in [5.41, 5.74) is 1.89. The van der Waals surface area contributed by atoms with Gasteiger partial charge in [-0.05, 0) is 93.5 Å². The zero-order valence-corrected chi connectivity index (χ0v) is 20.8. The highest BCUT2D eigenvalue weighted by atomic mass is 31.1. The van der Waals surface area contributed by atoms with Gasteiger partial charge in [-0.15, -0.1) is 0 Å². The topological polar surface area (TPSA) is 12.0 Å². The molecule has 0 aromatic heterocycles.